The van der Waals surface area contributed by atoms with Crippen LogP contribution in [0.4, 0.5) is 4.39 Å². The van der Waals surface area contributed by atoms with E-state index < -0.39 is 22.9 Å². The van der Waals surface area contributed by atoms with Crippen LogP contribution < -0.4 is 10.1 Å². The van der Waals surface area contributed by atoms with Crippen molar-refractivity contribution in [1.82, 2.24) is 20.5 Å². The van der Waals surface area contributed by atoms with Gasteiger partial charge in [0.15, 0.2) is 5.82 Å². The van der Waals surface area contributed by atoms with Gasteiger partial charge in [0.1, 0.15) is 22.6 Å². The lowest BCUT2D eigenvalue weighted by molar-refractivity contribution is 0.00864. The molecule has 208 valence electrons. The monoisotopic (exact) mass is 564 g/mol. The molecule has 1 aliphatic carbocycles. The number of hydrogen-bond acceptors (Lipinski definition) is 7. The predicted molar refractivity (Wildman–Crippen MR) is 150 cm³/mol. The van der Waals surface area contributed by atoms with Crippen molar-refractivity contribution in [3.05, 3.63) is 81.9 Å². The Morgan fingerprint density at radius 1 is 1.12 bits per heavy atom. The topological polar surface area (TPSA) is 117 Å². The quantitative estimate of drug-likeness (QED) is 0.274. The van der Waals surface area contributed by atoms with Crippen molar-refractivity contribution in [2.45, 2.75) is 44.8 Å². The molecule has 0 radical (unpaired) electrons. The summed E-state index contributed by atoms with van der Waals surface area (Å²) in [5.74, 6) is -0.934. The van der Waals surface area contributed by atoms with Crippen molar-refractivity contribution >= 4 is 28.4 Å². The molecule has 1 unspecified atom stereocenters. The van der Waals surface area contributed by atoms with E-state index in [-0.39, 0.29) is 29.4 Å². The molecule has 1 fully saturated rings. The highest BCUT2D eigenvalue weighted by atomic mass is 35.5. The number of benzene rings is 2. The van der Waals surface area contributed by atoms with Crippen LogP contribution in [0.15, 0.2) is 48.5 Å². The Morgan fingerprint density at radius 2 is 1.82 bits per heavy atom. The number of amides is 1. The first kappa shape index (κ1) is 27.9. The SMILES string of the molecule is COc1cc(C(=O)NCC(O)(c2cc(C(C)(C)O)c(F)c(-c3ccc(Cl)cc3)n2)C2CC2)cc2cc(C)nnc12. The molecule has 2 aromatic heterocycles. The van der Waals surface area contributed by atoms with Gasteiger partial charge in [-0.05, 0) is 75.9 Å². The molecule has 1 saturated carbocycles. The standard InChI is InChI=1S/C30H30ClFN4O4/c1-16-11-18-12-19(13-23(40-4)26(18)36-35-16)28(37)33-15-30(39,20-7-8-20)24-14-22(29(2,3)38)25(32)27(34-24)17-5-9-21(31)10-6-17/h5-6,9-14,20,38-39H,7-8,15H2,1-4H3,(H,33,37). The molecule has 2 heterocycles. The second-order valence-electron chi connectivity index (χ2n) is 10.8. The summed E-state index contributed by atoms with van der Waals surface area (Å²) in [5.41, 5.74) is -1.04. The molecule has 3 N–H and O–H groups in total. The van der Waals surface area contributed by atoms with Crippen molar-refractivity contribution in [3.8, 4) is 17.0 Å². The highest BCUT2D eigenvalue weighted by Crippen LogP contribution is 2.46. The number of nitrogens with one attached hydrogen (secondary N) is 1. The Bertz CT molecular complexity index is 1600. The molecule has 10 heteroatoms. The zero-order chi connectivity index (χ0) is 28.8. The minimum atomic E-state index is -1.60. The number of nitrogens with zero attached hydrogens (tertiary/aromatic N) is 3. The Hall–Kier alpha value is -3.66. The van der Waals surface area contributed by atoms with Crippen molar-refractivity contribution in [1.29, 1.82) is 0 Å². The number of aryl methyl sites for hydroxylation is 1. The van der Waals surface area contributed by atoms with Crippen LogP contribution in [0.25, 0.3) is 22.2 Å². The lowest BCUT2D eigenvalue weighted by Crippen LogP contribution is -2.43. The first-order valence-corrected chi connectivity index (χ1v) is 13.3. The number of ether oxygens (including phenoxy) is 1. The largest absolute Gasteiger partial charge is 0.494 e. The van der Waals surface area contributed by atoms with Gasteiger partial charge >= 0.3 is 0 Å². The van der Waals surface area contributed by atoms with E-state index in [9.17, 15) is 15.0 Å². The van der Waals surface area contributed by atoms with Gasteiger partial charge in [-0.25, -0.2) is 9.37 Å². The van der Waals surface area contributed by atoms with Crippen molar-refractivity contribution in [2.24, 2.45) is 5.92 Å². The number of methoxy groups -OCH3 is 1. The Kier molecular flexibility index (Phi) is 7.24. The normalized spacial score (nSPS) is 15.1. The number of rotatable bonds is 8. The average Bonchev–Trinajstić information content (AvgIpc) is 3.77. The summed E-state index contributed by atoms with van der Waals surface area (Å²) in [6.45, 7) is 4.57. The molecule has 8 nitrogen and oxygen atoms in total. The predicted octanol–water partition coefficient (Wildman–Crippen LogP) is 5.06. The lowest BCUT2D eigenvalue weighted by atomic mass is 9.87. The van der Waals surface area contributed by atoms with Crippen LogP contribution in [0.2, 0.25) is 5.02 Å². The molecule has 0 bridgehead atoms. The number of carbonyl (C=O) groups excluding carboxylic acids is 1. The number of aromatic nitrogens is 3. The van der Waals surface area contributed by atoms with Gasteiger partial charge in [0.25, 0.3) is 5.91 Å². The minimum Gasteiger partial charge on any atom is -0.494 e. The fourth-order valence-corrected chi connectivity index (χ4v) is 4.96. The maximum absolute atomic E-state index is 15.7. The third-order valence-electron chi connectivity index (χ3n) is 7.21. The van der Waals surface area contributed by atoms with E-state index in [2.05, 4.69) is 20.5 Å². The Labute approximate surface area is 236 Å². The summed E-state index contributed by atoms with van der Waals surface area (Å²) < 4.78 is 21.1. The maximum atomic E-state index is 15.7. The highest BCUT2D eigenvalue weighted by Gasteiger charge is 2.47. The fraction of sp³-hybridized carbons (Fsp3) is 0.333. The number of carbonyl (C=O) groups is 1. The van der Waals surface area contributed by atoms with Gasteiger partial charge in [0.2, 0.25) is 0 Å². The van der Waals surface area contributed by atoms with E-state index in [4.69, 9.17) is 16.3 Å². The van der Waals surface area contributed by atoms with E-state index >= 15 is 4.39 Å². The summed E-state index contributed by atoms with van der Waals surface area (Å²) in [6, 6.07) is 12.9. The van der Waals surface area contributed by atoms with Gasteiger partial charge in [0, 0.05) is 27.1 Å². The van der Waals surface area contributed by atoms with Crippen LogP contribution in [0.3, 0.4) is 0 Å². The molecule has 0 spiro atoms. The first-order valence-electron chi connectivity index (χ1n) is 12.9. The third kappa shape index (κ3) is 5.37. The second-order valence-corrected chi connectivity index (χ2v) is 11.2. The first-order chi connectivity index (χ1) is 18.9. The van der Waals surface area contributed by atoms with Gasteiger partial charge in [-0.15, -0.1) is 5.10 Å². The summed E-state index contributed by atoms with van der Waals surface area (Å²) in [7, 11) is 1.49. The number of aliphatic hydroxyl groups is 2. The zero-order valence-electron chi connectivity index (χ0n) is 22.6. The molecule has 0 saturated heterocycles. The Morgan fingerprint density at radius 3 is 2.45 bits per heavy atom. The number of hydrogen-bond donors (Lipinski definition) is 3. The number of halogens is 2. The maximum Gasteiger partial charge on any atom is 0.251 e. The number of pyridine rings is 1. The summed E-state index contributed by atoms with van der Waals surface area (Å²) >= 11 is 6.03. The second kappa shape index (κ2) is 10.4. The minimum absolute atomic E-state index is 0.0106. The molecule has 2 aromatic carbocycles. The van der Waals surface area contributed by atoms with Crippen LogP contribution in [0.5, 0.6) is 5.75 Å². The Balaban J connectivity index is 1.52. The van der Waals surface area contributed by atoms with E-state index in [1.807, 2.05) is 0 Å². The van der Waals surface area contributed by atoms with Crippen LogP contribution in [0.1, 0.15) is 54.0 Å². The average molecular weight is 565 g/mol. The van der Waals surface area contributed by atoms with Gasteiger partial charge in [-0.1, -0.05) is 23.7 Å². The molecule has 1 aliphatic rings. The summed E-state index contributed by atoms with van der Waals surface area (Å²) in [4.78, 5) is 17.9. The van der Waals surface area contributed by atoms with E-state index in [0.717, 1.165) is 0 Å². The van der Waals surface area contributed by atoms with Crippen LogP contribution in [-0.2, 0) is 11.2 Å². The molecule has 1 amide bonds. The van der Waals surface area contributed by atoms with Gasteiger partial charge in [0.05, 0.1) is 30.6 Å². The molecular formula is C30H30ClFN4O4. The van der Waals surface area contributed by atoms with Gasteiger partial charge in [-0.2, -0.15) is 5.10 Å². The molecule has 5 rings (SSSR count). The van der Waals surface area contributed by atoms with Crippen molar-refractivity contribution in [2.75, 3.05) is 13.7 Å². The molecule has 40 heavy (non-hydrogen) atoms. The van der Waals surface area contributed by atoms with Crippen LogP contribution >= 0.6 is 11.6 Å². The molecule has 0 aliphatic heterocycles. The van der Waals surface area contributed by atoms with Gasteiger partial charge in [-0.3, -0.25) is 4.79 Å². The van der Waals surface area contributed by atoms with E-state index in [0.29, 0.717) is 51.3 Å². The zero-order valence-corrected chi connectivity index (χ0v) is 23.4. The van der Waals surface area contributed by atoms with Crippen LogP contribution in [-0.4, -0.2) is 45.0 Å². The number of fused-ring (bicyclic) bond motifs is 1. The van der Waals surface area contributed by atoms with Gasteiger partial charge < -0.3 is 20.3 Å². The molecular weight excluding hydrogens is 535 g/mol. The van der Waals surface area contributed by atoms with Crippen LogP contribution in [0, 0.1) is 18.7 Å². The smallest absolute Gasteiger partial charge is 0.251 e. The third-order valence-corrected chi connectivity index (χ3v) is 7.46. The molecule has 1 atom stereocenters. The van der Waals surface area contributed by atoms with E-state index in [1.54, 1.807) is 49.4 Å². The fourth-order valence-electron chi connectivity index (χ4n) is 4.83. The lowest BCUT2D eigenvalue weighted by Gasteiger charge is -2.31. The molecule has 4 aromatic rings. The van der Waals surface area contributed by atoms with Crippen molar-refractivity contribution in [3.63, 3.8) is 0 Å². The van der Waals surface area contributed by atoms with Crippen molar-refractivity contribution < 1.29 is 24.1 Å². The summed E-state index contributed by atoms with van der Waals surface area (Å²) in [5, 5.41) is 35.0. The summed E-state index contributed by atoms with van der Waals surface area (Å²) in [6.07, 6.45) is 1.42. The highest BCUT2D eigenvalue weighted by molar-refractivity contribution is 6.30. The van der Waals surface area contributed by atoms with E-state index in [1.165, 1.54) is 27.0 Å².